The van der Waals surface area contributed by atoms with E-state index >= 15 is 0 Å². The molecule has 152 valence electrons. The van der Waals surface area contributed by atoms with Crippen LogP contribution in [0.1, 0.15) is 25.5 Å². The number of halogens is 3. The third kappa shape index (κ3) is 5.81. The molecule has 0 radical (unpaired) electrons. The average molecular weight is 397 g/mol. The van der Waals surface area contributed by atoms with Crippen LogP contribution in [0.3, 0.4) is 0 Å². The van der Waals surface area contributed by atoms with Crippen LogP contribution in [-0.2, 0) is 15.8 Å². The Morgan fingerprint density at radius 2 is 1.71 bits per heavy atom. The third-order valence-electron chi connectivity index (χ3n) is 3.76. The van der Waals surface area contributed by atoms with E-state index in [1.165, 1.54) is 30.1 Å². The Hall–Kier alpha value is -2.88. The first-order valence-electron chi connectivity index (χ1n) is 8.56. The number of nitrogens with zero attached hydrogens (tertiary/aromatic N) is 3. The highest BCUT2D eigenvalue weighted by atomic mass is 19.4. The number of carbonyl (C=O) groups excluding carboxylic acids is 2. The molecule has 0 spiro atoms. The van der Waals surface area contributed by atoms with Gasteiger partial charge in [0.2, 0.25) is 11.8 Å². The molecule has 28 heavy (non-hydrogen) atoms. The minimum atomic E-state index is -4.57. The van der Waals surface area contributed by atoms with Gasteiger partial charge in [0.05, 0.1) is 30.5 Å². The smallest absolute Gasteiger partial charge is 0.324 e. The van der Waals surface area contributed by atoms with Crippen LogP contribution in [0.2, 0.25) is 0 Å². The second kappa shape index (κ2) is 8.87. The first kappa shape index (κ1) is 21.4. The first-order valence-corrected chi connectivity index (χ1v) is 8.56. The minimum absolute atomic E-state index is 0.0579. The van der Waals surface area contributed by atoms with Crippen molar-refractivity contribution in [2.75, 3.05) is 30.8 Å². The number of aromatic nitrogens is 2. The fourth-order valence-corrected chi connectivity index (χ4v) is 2.58. The minimum Gasteiger partial charge on any atom is -0.324 e. The number of nitrogens with one attached hydrogen (secondary N) is 2. The van der Waals surface area contributed by atoms with E-state index < -0.39 is 17.6 Å². The van der Waals surface area contributed by atoms with Gasteiger partial charge in [-0.1, -0.05) is 12.1 Å². The van der Waals surface area contributed by atoms with E-state index in [1.807, 2.05) is 13.8 Å². The van der Waals surface area contributed by atoms with E-state index in [4.69, 9.17) is 0 Å². The number of carbonyl (C=O) groups is 2. The zero-order valence-electron chi connectivity index (χ0n) is 15.7. The molecule has 0 aliphatic rings. The highest BCUT2D eigenvalue weighted by Crippen LogP contribution is 2.34. The number of hydrogen-bond acceptors (Lipinski definition) is 4. The number of rotatable bonds is 7. The molecule has 2 amide bonds. The SMILES string of the molecule is CC(C)n1nccc1NC(=O)CN(C)CC(=O)Nc1ccccc1C(F)(F)F. The molecule has 0 fully saturated rings. The number of likely N-dealkylation sites (N-methyl/N-ethyl adjacent to an activating group) is 1. The number of anilines is 2. The lowest BCUT2D eigenvalue weighted by Gasteiger charge is -2.18. The van der Waals surface area contributed by atoms with Gasteiger partial charge in [0.1, 0.15) is 5.82 Å². The molecule has 0 atom stereocenters. The van der Waals surface area contributed by atoms with Crippen molar-refractivity contribution in [1.82, 2.24) is 14.7 Å². The topological polar surface area (TPSA) is 79.3 Å². The van der Waals surface area contributed by atoms with E-state index in [2.05, 4.69) is 15.7 Å². The van der Waals surface area contributed by atoms with Crippen LogP contribution in [0.15, 0.2) is 36.5 Å². The summed E-state index contributed by atoms with van der Waals surface area (Å²) in [5.74, 6) is -0.496. The molecular weight excluding hydrogens is 375 g/mol. The molecule has 0 saturated heterocycles. The zero-order chi connectivity index (χ0) is 20.9. The third-order valence-corrected chi connectivity index (χ3v) is 3.76. The van der Waals surface area contributed by atoms with E-state index in [-0.39, 0.29) is 30.7 Å². The molecular formula is C18H22F3N5O2. The fourth-order valence-electron chi connectivity index (χ4n) is 2.58. The van der Waals surface area contributed by atoms with Crippen LogP contribution in [0.25, 0.3) is 0 Å². The van der Waals surface area contributed by atoms with E-state index in [9.17, 15) is 22.8 Å². The normalized spacial score (nSPS) is 11.7. The second-order valence-corrected chi connectivity index (χ2v) is 6.57. The van der Waals surface area contributed by atoms with Crippen LogP contribution in [0, 0.1) is 0 Å². The molecule has 7 nitrogen and oxygen atoms in total. The molecule has 0 aliphatic carbocycles. The molecule has 0 bridgehead atoms. The van der Waals surface area contributed by atoms with Crippen LogP contribution in [0.4, 0.5) is 24.7 Å². The summed E-state index contributed by atoms with van der Waals surface area (Å²) >= 11 is 0. The van der Waals surface area contributed by atoms with Crippen molar-refractivity contribution in [3.05, 3.63) is 42.1 Å². The second-order valence-electron chi connectivity index (χ2n) is 6.57. The Bertz CT molecular complexity index is 833. The average Bonchev–Trinajstić information content (AvgIpc) is 3.02. The molecule has 2 aromatic rings. The summed E-state index contributed by atoms with van der Waals surface area (Å²) in [6.07, 6.45) is -3.01. The van der Waals surface area contributed by atoms with Crippen molar-refractivity contribution >= 4 is 23.3 Å². The predicted octanol–water partition coefficient (Wildman–Crippen LogP) is 2.99. The molecule has 2 N–H and O–H groups in total. The molecule has 1 aromatic carbocycles. The van der Waals surface area contributed by atoms with Gasteiger partial charge in [0, 0.05) is 12.1 Å². The largest absolute Gasteiger partial charge is 0.418 e. The van der Waals surface area contributed by atoms with Gasteiger partial charge in [0.15, 0.2) is 0 Å². The van der Waals surface area contributed by atoms with E-state index in [1.54, 1.807) is 16.9 Å². The monoisotopic (exact) mass is 397 g/mol. The lowest BCUT2D eigenvalue weighted by molar-refractivity contribution is -0.137. The molecule has 0 unspecified atom stereocenters. The van der Waals surface area contributed by atoms with Gasteiger partial charge in [-0.25, -0.2) is 4.68 Å². The van der Waals surface area contributed by atoms with Crippen molar-refractivity contribution in [3.63, 3.8) is 0 Å². The zero-order valence-corrected chi connectivity index (χ0v) is 15.7. The summed E-state index contributed by atoms with van der Waals surface area (Å²) < 4.78 is 40.6. The molecule has 10 heteroatoms. The van der Waals surface area contributed by atoms with Gasteiger partial charge in [-0.15, -0.1) is 0 Å². The number of hydrogen-bond donors (Lipinski definition) is 2. The standard InChI is InChI=1S/C18H22F3N5O2/c1-12(2)26-15(8-9-22-26)24-17(28)11-25(3)10-16(27)23-14-7-5-4-6-13(14)18(19,20)21/h4-9,12H,10-11H2,1-3H3,(H,23,27)(H,24,28). The lowest BCUT2D eigenvalue weighted by Crippen LogP contribution is -2.36. The van der Waals surface area contributed by atoms with Gasteiger partial charge in [0.25, 0.3) is 0 Å². The van der Waals surface area contributed by atoms with E-state index in [0.29, 0.717) is 5.82 Å². The highest BCUT2D eigenvalue weighted by Gasteiger charge is 2.33. The van der Waals surface area contributed by atoms with Crippen molar-refractivity contribution < 1.29 is 22.8 Å². The summed E-state index contributed by atoms with van der Waals surface area (Å²) in [6, 6.07) is 6.43. The molecule has 0 saturated carbocycles. The van der Waals surface area contributed by atoms with Crippen LogP contribution >= 0.6 is 0 Å². The van der Waals surface area contributed by atoms with Gasteiger partial charge < -0.3 is 10.6 Å². The molecule has 2 rings (SSSR count). The summed E-state index contributed by atoms with van der Waals surface area (Å²) in [5.41, 5.74) is -1.25. The van der Waals surface area contributed by atoms with Crippen LogP contribution in [0.5, 0.6) is 0 Å². The van der Waals surface area contributed by atoms with Crippen molar-refractivity contribution in [2.45, 2.75) is 26.1 Å². The van der Waals surface area contributed by atoms with Crippen molar-refractivity contribution in [2.24, 2.45) is 0 Å². The van der Waals surface area contributed by atoms with Crippen molar-refractivity contribution in [1.29, 1.82) is 0 Å². The Morgan fingerprint density at radius 3 is 2.32 bits per heavy atom. The van der Waals surface area contributed by atoms with E-state index in [0.717, 1.165) is 6.07 Å². The first-order chi connectivity index (χ1) is 13.1. The Morgan fingerprint density at radius 1 is 1.11 bits per heavy atom. The quantitative estimate of drug-likeness (QED) is 0.753. The van der Waals surface area contributed by atoms with Crippen molar-refractivity contribution in [3.8, 4) is 0 Å². The van der Waals surface area contributed by atoms with Gasteiger partial charge in [-0.3, -0.25) is 14.5 Å². The van der Waals surface area contributed by atoms with Gasteiger partial charge in [-0.2, -0.15) is 18.3 Å². The maximum absolute atomic E-state index is 13.0. The van der Waals surface area contributed by atoms with Crippen LogP contribution < -0.4 is 10.6 Å². The Balaban J connectivity index is 1.91. The Labute approximate surface area is 160 Å². The maximum atomic E-state index is 13.0. The van der Waals surface area contributed by atoms with Gasteiger partial charge in [-0.05, 0) is 33.0 Å². The Kier molecular flexibility index (Phi) is 6.79. The fraction of sp³-hybridized carbons (Fsp3) is 0.389. The molecule has 0 aliphatic heterocycles. The molecule has 1 aromatic heterocycles. The highest BCUT2D eigenvalue weighted by molar-refractivity contribution is 5.94. The number of benzene rings is 1. The lowest BCUT2D eigenvalue weighted by atomic mass is 10.1. The maximum Gasteiger partial charge on any atom is 0.418 e. The summed E-state index contributed by atoms with van der Waals surface area (Å²) in [4.78, 5) is 25.6. The summed E-state index contributed by atoms with van der Waals surface area (Å²) in [5, 5.41) is 9.04. The number of alkyl halides is 3. The summed E-state index contributed by atoms with van der Waals surface area (Å²) in [7, 11) is 1.52. The molecule has 1 heterocycles. The van der Waals surface area contributed by atoms with Gasteiger partial charge >= 0.3 is 6.18 Å². The number of para-hydroxylation sites is 1. The summed E-state index contributed by atoms with van der Waals surface area (Å²) in [6.45, 7) is 3.47. The number of amides is 2. The van der Waals surface area contributed by atoms with Crippen LogP contribution in [-0.4, -0.2) is 46.6 Å². The predicted molar refractivity (Wildman–Crippen MR) is 98.8 cm³/mol.